The zero-order valence-corrected chi connectivity index (χ0v) is 15.1. The van der Waals surface area contributed by atoms with Crippen molar-refractivity contribution in [3.05, 3.63) is 54.6 Å². The molecule has 0 aromatic heterocycles. The van der Waals surface area contributed by atoms with Gasteiger partial charge in [0.1, 0.15) is 17.5 Å². The number of benzene rings is 2. The molecule has 1 fully saturated rings. The average Bonchev–Trinajstić information content (AvgIpc) is 3.17. The van der Waals surface area contributed by atoms with Crippen LogP contribution < -0.4 is 20.5 Å². The van der Waals surface area contributed by atoms with Crippen LogP contribution in [0.5, 0.6) is 11.5 Å². The number of anilines is 1. The molecule has 0 aliphatic heterocycles. The Bertz CT molecular complexity index is 756. The van der Waals surface area contributed by atoms with Crippen LogP contribution in [-0.2, 0) is 9.59 Å². The summed E-state index contributed by atoms with van der Waals surface area (Å²) in [6.07, 6.45) is 4.11. The standard InChI is InChI=1S/C21H24N2O4/c24-20(14-19(21(25)26)22-15-6-4-5-7-15)23-16-10-12-18(13-11-16)27-17-8-2-1-3-9-17/h1-3,8-13,15,19,22H,4-7,14H2,(H,23,24)(H,25,26)/t19-/m0/s1. The fourth-order valence-corrected chi connectivity index (χ4v) is 3.35. The maximum absolute atomic E-state index is 12.2. The van der Waals surface area contributed by atoms with Crippen molar-refractivity contribution in [3.8, 4) is 11.5 Å². The van der Waals surface area contributed by atoms with Gasteiger partial charge in [-0.3, -0.25) is 4.79 Å². The number of rotatable bonds is 8. The van der Waals surface area contributed by atoms with E-state index in [0.29, 0.717) is 11.4 Å². The Morgan fingerprint density at radius 1 is 1.04 bits per heavy atom. The Labute approximate surface area is 158 Å². The van der Waals surface area contributed by atoms with Gasteiger partial charge >= 0.3 is 0 Å². The molecule has 2 aromatic rings. The second-order valence-electron chi connectivity index (χ2n) is 6.85. The molecule has 3 rings (SSSR count). The van der Waals surface area contributed by atoms with Crippen LogP contribution >= 0.6 is 0 Å². The van der Waals surface area contributed by atoms with E-state index in [0.717, 1.165) is 31.4 Å². The van der Waals surface area contributed by atoms with Gasteiger partial charge in [0.25, 0.3) is 0 Å². The number of carbonyl (C=O) groups excluding carboxylic acids is 2. The third kappa shape index (κ3) is 5.82. The number of carboxylic acids is 1. The second-order valence-corrected chi connectivity index (χ2v) is 6.85. The summed E-state index contributed by atoms with van der Waals surface area (Å²) in [6.45, 7) is 0. The molecule has 1 atom stereocenters. The lowest BCUT2D eigenvalue weighted by Crippen LogP contribution is -2.97. The summed E-state index contributed by atoms with van der Waals surface area (Å²) < 4.78 is 5.71. The van der Waals surface area contributed by atoms with Gasteiger partial charge in [-0.25, -0.2) is 0 Å². The minimum absolute atomic E-state index is 0.110. The largest absolute Gasteiger partial charge is 0.544 e. The number of nitrogens with one attached hydrogen (secondary N) is 1. The van der Waals surface area contributed by atoms with Crippen LogP contribution in [0, 0.1) is 0 Å². The highest BCUT2D eigenvalue weighted by Crippen LogP contribution is 2.22. The van der Waals surface area contributed by atoms with Crippen LogP contribution in [0.3, 0.4) is 0 Å². The van der Waals surface area contributed by atoms with Gasteiger partial charge in [-0.1, -0.05) is 18.2 Å². The lowest BCUT2D eigenvalue weighted by molar-refractivity contribution is -0.713. The van der Waals surface area contributed by atoms with E-state index in [4.69, 9.17) is 4.74 Å². The Hall–Kier alpha value is -2.86. The lowest BCUT2D eigenvalue weighted by atomic mass is 10.1. The first-order valence-corrected chi connectivity index (χ1v) is 9.29. The molecular weight excluding hydrogens is 344 g/mol. The highest BCUT2D eigenvalue weighted by atomic mass is 16.5. The minimum atomic E-state index is -1.19. The van der Waals surface area contributed by atoms with Crippen molar-refractivity contribution in [2.45, 2.75) is 44.2 Å². The van der Waals surface area contributed by atoms with E-state index in [1.165, 1.54) is 0 Å². The molecule has 0 bridgehead atoms. The van der Waals surface area contributed by atoms with Gasteiger partial charge in [-0.2, -0.15) is 0 Å². The average molecular weight is 368 g/mol. The first-order chi connectivity index (χ1) is 13.1. The molecule has 0 saturated heterocycles. The maximum atomic E-state index is 12.2. The van der Waals surface area contributed by atoms with Crippen molar-refractivity contribution < 1.29 is 24.7 Å². The zero-order chi connectivity index (χ0) is 19.1. The number of para-hydroxylation sites is 1. The molecule has 6 nitrogen and oxygen atoms in total. The van der Waals surface area contributed by atoms with Gasteiger partial charge in [0, 0.05) is 5.69 Å². The molecule has 2 aromatic carbocycles. The van der Waals surface area contributed by atoms with E-state index in [1.54, 1.807) is 29.6 Å². The number of ether oxygens (including phenoxy) is 1. The monoisotopic (exact) mass is 368 g/mol. The number of aliphatic carboxylic acids is 1. The third-order valence-corrected chi connectivity index (χ3v) is 4.73. The van der Waals surface area contributed by atoms with Crippen LogP contribution in [-0.4, -0.2) is 24.0 Å². The Morgan fingerprint density at radius 2 is 1.67 bits per heavy atom. The number of carboxylic acid groups (broad SMARTS) is 1. The number of amides is 1. The van der Waals surface area contributed by atoms with E-state index in [-0.39, 0.29) is 18.4 Å². The molecule has 3 N–H and O–H groups in total. The van der Waals surface area contributed by atoms with Gasteiger partial charge < -0.3 is 25.3 Å². The second kappa shape index (κ2) is 9.19. The van der Waals surface area contributed by atoms with Crippen LogP contribution in [0.1, 0.15) is 32.1 Å². The fraction of sp³-hybridized carbons (Fsp3) is 0.333. The van der Waals surface area contributed by atoms with Crippen molar-refractivity contribution in [1.29, 1.82) is 0 Å². The van der Waals surface area contributed by atoms with E-state index < -0.39 is 12.0 Å². The van der Waals surface area contributed by atoms with Gasteiger partial charge in [0.05, 0.1) is 18.4 Å². The highest BCUT2D eigenvalue weighted by Gasteiger charge is 2.25. The predicted molar refractivity (Wildman–Crippen MR) is 99.2 cm³/mol. The number of quaternary nitrogens is 1. The van der Waals surface area contributed by atoms with Crippen LogP contribution in [0.4, 0.5) is 5.69 Å². The number of hydrogen-bond donors (Lipinski definition) is 2. The molecule has 27 heavy (non-hydrogen) atoms. The predicted octanol–water partition coefficient (Wildman–Crippen LogP) is 1.43. The van der Waals surface area contributed by atoms with E-state index in [2.05, 4.69) is 5.32 Å². The molecule has 0 spiro atoms. The normalized spacial score (nSPS) is 15.3. The Morgan fingerprint density at radius 3 is 2.30 bits per heavy atom. The summed E-state index contributed by atoms with van der Waals surface area (Å²) in [5, 5.41) is 15.9. The molecule has 6 heteroatoms. The molecule has 1 aliphatic carbocycles. The summed E-state index contributed by atoms with van der Waals surface area (Å²) in [7, 11) is 0. The van der Waals surface area contributed by atoms with E-state index in [9.17, 15) is 14.7 Å². The zero-order valence-electron chi connectivity index (χ0n) is 15.1. The van der Waals surface area contributed by atoms with Gasteiger partial charge in [0.2, 0.25) is 5.91 Å². The first kappa shape index (κ1) is 18.9. The Kier molecular flexibility index (Phi) is 6.44. The summed E-state index contributed by atoms with van der Waals surface area (Å²) in [4.78, 5) is 23.6. The van der Waals surface area contributed by atoms with Gasteiger partial charge in [-0.15, -0.1) is 0 Å². The van der Waals surface area contributed by atoms with E-state index in [1.807, 2.05) is 30.3 Å². The molecule has 1 amide bonds. The fourth-order valence-electron chi connectivity index (χ4n) is 3.35. The SMILES string of the molecule is O=C(C[C@H]([NH2+]C1CCCC1)C(=O)[O-])Nc1ccc(Oc2ccccc2)cc1. The quantitative estimate of drug-likeness (QED) is 0.737. The number of nitrogens with two attached hydrogens (primary N) is 1. The lowest BCUT2D eigenvalue weighted by Gasteiger charge is -2.20. The molecule has 0 unspecified atom stereocenters. The molecular formula is C21H24N2O4. The number of carbonyl (C=O) groups is 2. The van der Waals surface area contributed by atoms with Gasteiger partial charge in [-0.05, 0) is 62.1 Å². The Balaban J connectivity index is 1.52. The third-order valence-electron chi connectivity index (χ3n) is 4.73. The molecule has 1 aliphatic rings. The topological polar surface area (TPSA) is 95.1 Å². The van der Waals surface area contributed by atoms with Crippen LogP contribution in [0.15, 0.2) is 54.6 Å². The van der Waals surface area contributed by atoms with Crippen molar-refractivity contribution in [3.63, 3.8) is 0 Å². The summed E-state index contributed by atoms with van der Waals surface area (Å²) in [5.74, 6) is -0.145. The summed E-state index contributed by atoms with van der Waals surface area (Å²) in [6, 6.07) is 15.8. The number of hydrogen-bond acceptors (Lipinski definition) is 4. The molecule has 0 heterocycles. The maximum Gasteiger partial charge on any atom is 0.230 e. The van der Waals surface area contributed by atoms with Crippen molar-refractivity contribution in [1.82, 2.24) is 0 Å². The van der Waals surface area contributed by atoms with Crippen molar-refractivity contribution in [2.75, 3.05) is 5.32 Å². The summed E-state index contributed by atoms with van der Waals surface area (Å²) in [5.41, 5.74) is 0.596. The summed E-state index contributed by atoms with van der Waals surface area (Å²) >= 11 is 0. The first-order valence-electron chi connectivity index (χ1n) is 9.29. The van der Waals surface area contributed by atoms with Crippen LogP contribution in [0.25, 0.3) is 0 Å². The van der Waals surface area contributed by atoms with Crippen LogP contribution in [0.2, 0.25) is 0 Å². The molecule has 142 valence electrons. The van der Waals surface area contributed by atoms with Crippen molar-refractivity contribution >= 4 is 17.6 Å². The smallest absolute Gasteiger partial charge is 0.230 e. The van der Waals surface area contributed by atoms with Gasteiger partial charge in [0.15, 0.2) is 0 Å². The van der Waals surface area contributed by atoms with Crippen molar-refractivity contribution in [2.24, 2.45) is 0 Å². The molecule has 0 radical (unpaired) electrons. The minimum Gasteiger partial charge on any atom is -0.544 e. The highest BCUT2D eigenvalue weighted by molar-refractivity contribution is 5.93. The van der Waals surface area contributed by atoms with E-state index >= 15 is 0 Å². The molecule has 1 saturated carbocycles.